The Labute approximate surface area is 301 Å². The van der Waals surface area contributed by atoms with Crippen molar-refractivity contribution in [1.29, 1.82) is 0 Å². The summed E-state index contributed by atoms with van der Waals surface area (Å²) in [4.78, 5) is 26.1. The molecule has 51 heavy (non-hydrogen) atoms. The highest BCUT2D eigenvalue weighted by Gasteiger charge is 2.41. The highest BCUT2D eigenvalue weighted by atomic mass is 31.2. The Morgan fingerprint density at radius 1 is 0.745 bits per heavy atom. The third-order valence-electron chi connectivity index (χ3n) is 7.91. The van der Waals surface area contributed by atoms with Gasteiger partial charge in [0, 0.05) is 13.0 Å². The van der Waals surface area contributed by atoms with Crippen molar-refractivity contribution in [2.24, 2.45) is 0 Å². The van der Waals surface area contributed by atoms with Gasteiger partial charge in [-0.05, 0) is 55.0 Å². The lowest BCUT2D eigenvalue weighted by atomic mass is 9.91. The number of ether oxygens (including phenoxy) is 3. The molecule has 2 N–H and O–H groups in total. The third kappa shape index (κ3) is 14.3. The Kier molecular flexibility index (Phi) is 18.0. The van der Waals surface area contributed by atoms with E-state index in [9.17, 15) is 19.3 Å². The zero-order chi connectivity index (χ0) is 37.0. The number of carboxylic acids is 1. The Hall–Kier alpha value is -3.93. The van der Waals surface area contributed by atoms with Crippen molar-refractivity contribution in [3.05, 3.63) is 95.6 Å². The summed E-state index contributed by atoms with van der Waals surface area (Å²) in [5, 5.41) is 12.0. The number of hydrazine groups is 1. The molecule has 0 saturated carbocycles. The molecule has 3 aromatic carbocycles. The quantitative estimate of drug-likeness (QED) is 0.0374. The van der Waals surface area contributed by atoms with Crippen LogP contribution in [0, 0.1) is 0 Å². The summed E-state index contributed by atoms with van der Waals surface area (Å²) in [5.74, 6) is -0.495. The lowest BCUT2D eigenvalue weighted by molar-refractivity contribution is -0.153. The van der Waals surface area contributed by atoms with Gasteiger partial charge in [0.1, 0.15) is 12.1 Å². The number of nitrogens with one attached hydrogen (secondary N) is 1. The number of benzene rings is 3. The van der Waals surface area contributed by atoms with Gasteiger partial charge in [-0.1, -0.05) is 107 Å². The molecule has 3 rings (SSSR count). The largest absolute Gasteiger partial charge is 0.490 e. The van der Waals surface area contributed by atoms with Crippen LogP contribution in [0.5, 0.6) is 11.5 Å². The van der Waals surface area contributed by atoms with Crippen molar-refractivity contribution >= 4 is 19.9 Å². The van der Waals surface area contributed by atoms with Crippen LogP contribution in [0.3, 0.4) is 0 Å². The van der Waals surface area contributed by atoms with Gasteiger partial charge in [-0.25, -0.2) is 13.9 Å². The van der Waals surface area contributed by atoms with Crippen LogP contribution in [0.2, 0.25) is 0 Å². The number of rotatable bonds is 25. The van der Waals surface area contributed by atoms with Gasteiger partial charge in [-0.3, -0.25) is 19.3 Å². The standard InChI is InChI=1S/C38H53N2O10P/c1-5-8-23-45-35-26-33(21-22-34(35)47-30-50-51(44,48-24-9-6-2)49-25-10-7-3)27-38(4,36(41)42)40(28-31-17-13-11-14-18-31)39-37(43)46-29-32-19-15-12-16-20-32/h11-22,26H,5-10,23-25,27-30H2,1-4H3,(H,39,43)(H,41,42)/t38-/m0/s1. The van der Waals surface area contributed by atoms with Crippen molar-refractivity contribution < 1.29 is 47.0 Å². The normalized spacial score (nSPS) is 12.6. The number of carbonyl (C=O) groups is 2. The number of amides is 1. The second-order valence-electron chi connectivity index (χ2n) is 12.2. The second-order valence-corrected chi connectivity index (χ2v) is 13.9. The zero-order valence-electron chi connectivity index (χ0n) is 30.2. The molecule has 13 heteroatoms. The zero-order valence-corrected chi connectivity index (χ0v) is 31.1. The van der Waals surface area contributed by atoms with Gasteiger partial charge in [0.2, 0.25) is 6.79 Å². The van der Waals surface area contributed by atoms with E-state index >= 15 is 0 Å². The minimum atomic E-state index is -3.86. The summed E-state index contributed by atoms with van der Waals surface area (Å²) in [7, 11) is -3.86. The van der Waals surface area contributed by atoms with E-state index in [1.807, 2.05) is 81.4 Å². The molecular formula is C38H53N2O10P. The van der Waals surface area contributed by atoms with E-state index in [1.165, 1.54) is 5.01 Å². The number of hydrogen-bond acceptors (Lipinski definition) is 10. The molecule has 0 bridgehead atoms. The van der Waals surface area contributed by atoms with Gasteiger partial charge >= 0.3 is 19.9 Å². The predicted molar refractivity (Wildman–Crippen MR) is 194 cm³/mol. The number of carboxylic acid groups (broad SMARTS) is 1. The van der Waals surface area contributed by atoms with E-state index in [2.05, 4.69) is 5.43 Å². The smallest absolute Gasteiger partial charge is 0.477 e. The van der Waals surface area contributed by atoms with E-state index in [0.717, 1.165) is 36.8 Å². The summed E-state index contributed by atoms with van der Waals surface area (Å²) < 4.78 is 47.1. The summed E-state index contributed by atoms with van der Waals surface area (Å²) in [6.45, 7) is 8.10. The Balaban J connectivity index is 1.83. The Bertz CT molecular complexity index is 1500. The summed E-state index contributed by atoms with van der Waals surface area (Å²) >= 11 is 0. The molecule has 0 saturated heterocycles. The topological polar surface area (TPSA) is 142 Å². The van der Waals surface area contributed by atoms with Crippen LogP contribution in [-0.4, -0.2) is 54.3 Å². The molecular weight excluding hydrogens is 675 g/mol. The lowest BCUT2D eigenvalue weighted by Gasteiger charge is -2.37. The van der Waals surface area contributed by atoms with Crippen LogP contribution in [-0.2, 0) is 47.2 Å². The number of phosphoric ester groups is 1. The van der Waals surface area contributed by atoms with Gasteiger partial charge in [-0.15, -0.1) is 0 Å². The van der Waals surface area contributed by atoms with Gasteiger partial charge < -0.3 is 19.3 Å². The molecule has 12 nitrogen and oxygen atoms in total. The van der Waals surface area contributed by atoms with Gasteiger partial charge in [-0.2, -0.15) is 5.01 Å². The molecule has 0 unspecified atom stereocenters. The first-order valence-electron chi connectivity index (χ1n) is 17.6. The number of nitrogens with zero attached hydrogens (tertiary/aromatic N) is 1. The number of unbranched alkanes of at least 4 members (excludes halogenated alkanes) is 3. The monoisotopic (exact) mass is 728 g/mol. The molecule has 1 amide bonds. The first-order valence-corrected chi connectivity index (χ1v) is 19.0. The first-order chi connectivity index (χ1) is 24.6. The maximum absolute atomic E-state index is 13.2. The number of hydrogen-bond donors (Lipinski definition) is 2. The lowest BCUT2D eigenvalue weighted by Crippen LogP contribution is -2.60. The average molecular weight is 729 g/mol. The molecule has 0 aromatic heterocycles. The summed E-state index contributed by atoms with van der Waals surface area (Å²) in [5.41, 5.74) is 3.25. The summed E-state index contributed by atoms with van der Waals surface area (Å²) in [6.07, 6.45) is 3.97. The minimum Gasteiger partial charge on any atom is -0.490 e. The fraction of sp³-hybridized carbons (Fsp3) is 0.474. The number of carbonyl (C=O) groups excluding carboxylic acids is 1. The van der Waals surface area contributed by atoms with E-state index in [-0.39, 0.29) is 32.8 Å². The van der Waals surface area contributed by atoms with Crippen molar-refractivity contribution in [2.45, 2.75) is 91.3 Å². The van der Waals surface area contributed by atoms with E-state index < -0.39 is 32.2 Å². The molecule has 0 aliphatic rings. The molecule has 3 aromatic rings. The molecule has 0 radical (unpaired) electrons. The van der Waals surface area contributed by atoms with Crippen LogP contribution >= 0.6 is 7.82 Å². The van der Waals surface area contributed by atoms with E-state index in [0.29, 0.717) is 36.5 Å². The molecule has 280 valence electrons. The maximum atomic E-state index is 13.2. The van der Waals surface area contributed by atoms with E-state index in [4.69, 9.17) is 27.8 Å². The number of aliphatic carboxylic acids is 1. The SMILES string of the molecule is CCCCOc1cc(C[C@@](C)(C(=O)O)N(Cc2ccccc2)NC(=O)OCc2ccccc2)ccc1OCOP(=O)(OCCCC)OCCCC. The second kappa shape index (κ2) is 22.1. The molecule has 1 atom stereocenters. The van der Waals surface area contributed by atoms with Crippen molar-refractivity contribution in [1.82, 2.24) is 10.4 Å². The van der Waals surface area contributed by atoms with Gasteiger partial charge in [0.25, 0.3) is 0 Å². The molecule has 0 aliphatic carbocycles. The highest BCUT2D eigenvalue weighted by molar-refractivity contribution is 7.48. The van der Waals surface area contributed by atoms with Crippen molar-refractivity contribution in [3.63, 3.8) is 0 Å². The fourth-order valence-corrected chi connectivity index (χ4v) is 5.89. The fourth-order valence-electron chi connectivity index (χ4n) is 4.78. The summed E-state index contributed by atoms with van der Waals surface area (Å²) in [6, 6.07) is 23.5. The van der Waals surface area contributed by atoms with Crippen LogP contribution < -0.4 is 14.9 Å². The Morgan fingerprint density at radius 3 is 1.92 bits per heavy atom. The van der Waals surface area contributed by atoms with Crippen LogP contribution in [0.4, 0.5) is 4.79 Å². The van der Waals surface area contributed by atoms with Crippen molar-refractivity contribution in [3.8, 4) is 11.5 Å². The van der Waals surface area contributed by atoms with Gasteiger partial charge in [0.15, 0.2) is 11.5 Å². The molecule has 0 spiro atoms. The molecule has 0 aliphatic heterocycles. The maximum Gasteiger partial charge on any atom is 0.477 e. The first kappa shape index (κ1) is 41.5. The van der Waals surface area contributed by atoms with Crippen LogP contribution in [0.25, 0.3) is 0 Å². The third-order valence-corrected chi connectivity index (χ3v) is 9.33. The predicted octanol–water partition coefficient (Wildman–Crippen LogP) is 8.69. The Morgan fingerprint density at radius 2 is 1.33 bits per heavy atom. The van der Waals surface area contributed by atoms with Crippen molar-refractivity contribution in [2.75, 3.05) is 26.6 Å². The minimum absolute atomic E-state index is 0.0183. The highest BCUT2D eigenvalue weighted by Crippen LogP contribution is 2.50. The average Bonchev–Trinajstić information content (AvgIpc) is 3.12. The number of phosphoric acid groups is 1. The van der Waals surface area contributed by atoms with Crippen LogP contribution in [0.15, 0.2) is 78.9 Å². The molecule has 0 heterocycles. The molecule has 0 fully saturated rings. The van der Waals surface area contributed by atoms with Crippen LogP contribution in [0.1, 0.15) is 82.9 Å². The van der Waals surface area contributed by atoms with E-state index in [1.54, 1.807) is 25.1 Å². The van der Waals surface area contributed by atoms with Gasteiger partial charge in [0.05, 0.1) is 19.8 Å².